The summed E-state index contributed by atoms with van der Waals surface area (Å²) in [6.45, 7) is 4.76. The second-order valence-corrected chi connectivity index (χ2v) is 6.94. The molecule has 3 rings (SSSR count). The van der Waals surface area contributed by atoms with Gasteiger partial charge in [0.2, 0.25) is 0 Å². The Morgan fingerprint density at radius 2 is 1.89 bits per heavy atom. The lowest BCUT2D eigenvalue weighted by Crippen LogP contribution is -2.09. The number of aromatic nitrogens is 1. The number of nitrogens with zero attached hydrogens (tertiary/aromatic N) is 1. The molecule has 1 heterocycles. The molecule has 140 valence electrons. The number of carboxylic acid groups (broad SMARTS) is 1. The van der Waals surface area contributed by atoms with Crippen LogP contribution in [-0.4, -0.2) is 29.3 Å². The molecule has 5 nitrogen and oxygen atoms in total. The molecule has 0 unspecified atom stereocenters. The lowest BCUT2D eigenvalue weighted by molar-refractivity contribution is 0.0701. The van der Waals surface area contributed by atoms with E-state index in [4.69, 9.17) is 9.47 Å². The summed E-state index contributed by atoms with van der Waals surface area (Å²) in [4.78, 5) is 16.1. The molecular formula is C21H21NO4S. The minimum atomic E-state index is -0.934. The Morgan fingerprint density at radius 1 is 1.11 bits per heavy atom. The predicted octanol–water partition coefficient (Wildman–Crippen LogP) is 4.84. The highest BCUT2D eigenvalue weighted by Gasteiger charge is 2.17. The molecule has 3 aromatic rings. The van der Waals surface area contributed by atoms with Crippen LogP contribution in [0.15, 0.2) is 48.5 Å². The van der Waals surface area contributed by atoms with Gasteiger partial charge in [-0.3, -0.25) is 0 Å². The number of para-hydroxylation sites is 1. The van der Waals surface area contributed by atoms with E-state index in [1.165, 1.54) is 11.3 Å². The maximum atomic E-state index is 11.3. The van der Waals surface area contributed by atoms with Gasteiger partial charge in [0.05, 0.1) is 5.69 Å². The molecule has 0 aliphatic carbocycles. The molecule has 2 aromatic carbocycles. The van der Waals surface area contributed by atoms with Crippen molar-refractivity contribution in [2.75, 3.05) is 13.2 Å². The lowest BCUT2D eigenvalue weighted by atomic mass is 10.2. The van der Waals surface area contributed by atoms with Crippen LogP contribution < -0.4 is 9.47 Å². The number of carbonyl (C=O) groups is 1. The maximum absolute atomic E-state index is 11.3. The molecule has 0 saturated carbocycles. The van der Waals surface area contributed by atoms with Crippen molar-refractivity contribution < 1.29 is 19.4 Å². The Balaban J connectivity index is 1.64. The molecule has 0 atom stereocenters. The highest BCUT2D eigenvalue weighted by molar-refractivity contribution is 7.17. The zero-order chi connectivity index (χ0) is 19.2. The third kappa shape index (κ3) is 4.65. The van der Waals surface area contributed by atoms with Crippen LogP contribution in [0.1, 0.15) is 27.9 Å². The van der Waals surface area contributed by atoms with E-state index in [1.807, 2.05) is 62.4 Å². The fourth-order valence-electron chi connectivity index (χ4n) is 2.63. The van der Waals surface area contributed by atoms with E-state index in [-0.39, 0.29) is 0 Å². The molecule has 0 amide bonds. The Bertz CT molecular complexity index is 935. The Morgan fingerprint density at radius 3 is 2.59 bits per heavy atom. The van der Waals surface area contributed by atoms with Crippen LogP contribution in [0.3, 0.4) is 0 Å². The third-order valence-corrected chi connectivity index (χ3v) is 5.15. The smallest absolute Gasteiger partial charge is 0.347 e. The monoisotopic (exact) mass is 383 g/mol. The molecule has 0 fully saturated rings. The van der Waals surface area contributed by atoms with Crippen LogP contribution in [0, 0.1) is 6.92 Å². The highest BCUT2D eigenvalue weighted by atomic mass is 32.1. The van der Waals surface area contributed by atoms with E-state index in [9.17, 15) is 9.90 Å². The van der Waals surface area contributed by atoms with Gasteiger partial charge >= 0.3 is 5.97 Å². The van der Waals surface area contributed by atoms with Gasteiger partial charge in [-0.1, -0.05) is 37.3 Å². The molecular weight excluding hydrogens is 362 g/mol. The summed E-state index contributed by atoms with van der Waals surface area (Å²) in [5.74, 6) is 0.619. The molecule has 0 bridgehead atoms. The van der Waals surface area contributed by atoms with Gasteiger partial charge in [-0.15, -0.1) is 11.3 Å². The zero-order valence-electron chi connectivity index (χ0n) is 15.3. The van der Waals surface area contributed by atoms with Gasteiger partial charge in [-0.05, 0) is 37.1 Å². The molecule has 0 radical (unpaired) electrons. The summed E-state index contributed by atoms with van der Waals surface area (Å²) in [5.41, 5.74) is 2.55. The van der Waals surface area contributed by atoms with Gasteiger partial charge in [0.25, 0.3) is 0 Å². The van der Waals surface area contributed by atoms with Crippen LogP contribution in [-0.2, 0) is 6.42 Å². The van der Waals surface area contributed by atoms with E-state index < -0.39 is 5.97 Å². The first-order valence-corrected chi connectivity index (χ1v) is 9.54. The SMILES string of the molecule is CCc1nc(-c2cccc(OCCOc3ccccc3C)c2)sc1C(=O)O. The second kappa shape index (κ2) is 8.68. The van der Waals surface area contributed by atoms with Crippen molar-refractivity contribution in [3.05, 3.63) is 64.7 Å². The Labute approximate surface area is 162 Å². The molecule has 1 aromatic heterocycles. The van der Waals surface area contributed by atoms with E-state index in [2.05, 4.69) is 4.98 Å². The van der Waals surface area contributed by atoms with Crippen molar-refractivity contribution in [2.24, 2.45) is 0 Å². The van der Waals surface area contributed by atoms with Crippen LogP contribution in [0.5, 0.6) is 11.5 Å². The topological polar surface area (TPSA) is 68.7 Å². The second-order valence-electron chi connectivity index (χ2n) is 5.94. The summed E-state index contributed by atoms with van der Waals surface area (Å²) in [7, 11) is 0. The number of carboxylic acids is 1. The van der Waals surface area contributed by atoms with Crippen LogP contribution in [0.4, 0.5) is 0 Å². The van der Waals surface area contributed by atoms with Crippen molar-refractivity contribution in [3.8, 4) is 22.1 Å². The largest absolute Gasteiger partial charge is 0.490 e. The van der Waals surface area contributed by atoms with Crippen LogP contribution >= 0.6 is 11.3 Å². The molecule has 0 aliphatic heterocycles. The summed E-state index contributed by atoms with van der Waals surface area (Å²) >= 11 is 1.19. The third-order valence-electron chi connectivity index (χ3n) is 4.01. The number of ether oxygens (including phenoxy) is 2. The summed E-state index contributed by atoms with van der Waals surface area (Å²) in [5, 5.41) is 9.99. The standard InChI is InChI=1S/C21H21NO4S/c1-3-17-19(21(23)24)27-20(22-17)15-8-6-9-16(13-15)25-11-12-26-18-10-5-4-7-14(18)2/h4-10,13H,3,11-12H2,1-2H3,(H,23,24). The highest BCUT2D eigenvalue weighted by Crippen LogP contribution is 2.30. The average Bonchev–Trinajstić information content (AvgIpc) is 3.12. The normalized spacial score (nSPS) is 10.6. The molecule has 0 aliphatic rings. The Hall–Kier alpha value is -2.86. The molecule has 0 spiro atoms. The number of thiazole rings is 1. The lowest BCUT2D eigenvalue weighted by Gasteiger charge is -2.10. The Kier molecular flexibility index (Phi) is 6.08. The predicted molar refractivity (Wildman–Crippen MR) is 106 cm³/mol. The molecule has 6 heteroatoms. The molecule has 1 N–H and O–H groups in total. The van der Waals surface area contributed by atoms with Crippen molar-refractivity contribution in [3.63, 3.8) is 0 Å². The van der Waals surface area contributed by atoms with E-state index in [1.54, 1.807) is 0 Å². The minimum absolute atomic E-state index is 0.297. The van der Waals surface area contributed by atoms with E-state index in [0.717, 1.165) is 16.9 Å². The maximum Gasteiger partial charge on any atom is 0.347 e. The first-order valence-electron chi connectivity index (χ1n) is 8.73. The minimum Gasteiger partial charge on any atom is -0.490 e. The van der Waals surface area contributed by atoms with Crippen LogP contribution in [0.2, 0.25) is 0 Å². The number of rotatable bonds is 8. The summed E-state index contributed by atoms with van der Waals surface area (Å²) < 4.78 is 11.5. The fraction of sp³-hybridized carbons (Fsp3) is 0.238. The molecule has 0 saturated heterocycles. The van der Waals surface area contributed by atoms with Gasteiger partial charge < -0.3 is 14.6 Å². The van der Waals surface area contributed by atoms with Crippen molar-refractivity contribution in [1.82, 2.24) is 4.98 Å². The number of hydrogen-bond donors (Lipinski definition) is 1. The van der Waals surface area contributed by atoms with Crippen molar-refractivity contribution >= 4 is 17.3 Å². The van der Waals surface area contributed by atoms with Gasteiger partial charge in [0, 0.05) is 5.56 Å². The van der Waals surface area contributed by atoms with Gasteiger partial charge in [-0.25, -0.2) is 9.78 Å². The molecule has 27 heavy (non-hydrogen) atoms. The number of hydrogen-bond acceptors (Lipinski definition) is 5. The van der Waals surface area contributed by atoms with E-state index in [0.29, 0.717) is 41.0 Å². The fourth-order valence-corrected chi connectivity index (χ4v) is 3.62. The quantitative estimate of drug-likeness (QED) is 0.564. The summed E-state index contributed by atoms with van der Waals surface area (Å²) in [6.07, 6.45) is 0.588. The van der Waals surface area contributed by atoms with Crippen LogP contribution in [0.25, 0.3) is 10.6 Å². The summed E-state index contributed by atoms with van der Waals surface area (Å²) in [6, 6.07) is 15.4. The first kappa shape index (κ1) is 18.9. The van der Waals surface area contributed by atoms with Gasteiger partial charge in [0.1, 0.15) is 34.6 Å². The van der Waals surface area contributed by atoms with Gasteiger partial charge in [0.15, 0.2) is 0 Å². The average molecular weight is 383 g/mol. The van der Waals surface area contributed by atoms with Gasteiger partial charge in [-0.2, -0.15) is 0 Å². The number of aryl methyl sites for hydroxylation is 2. The number of aromatic carboxylic acids is 1. The zero-order valence-corrected chi connectivity index (χ0v) is 16.1. The van der Waals surface area contributed by atoms with E-state index >= 15 is 0 Å². The van der Waals surface area contributed by atoms with Crippen molar-refractivity contribution in [2.45, 2.75) is 20.3 Å². The van der Waals surface area contributed by atoms with Crippen molar-refractivity contribution in [1.29, 1.82) is 0 Å². The number of benzene rings is 2. The first-order chi connectivity index (χ1) is 13.1.